The van der Waals surface area contributed by atoms with Crippen LogP contribution in [0.15, 0.2) is 53.4 Å². The molecule has 0 radical (unpaired) electrons. The summed E-state index contributed by atoms with van der Waals surface area (Å²) in [6.45, 7) is 0. The van der Waals surface area contributed by atoms with Crippen molar-refractivity contribution >= 4 is 32.7 Å². The van der Waals surface area contributed by atoms with Gasteiger partial charge in [-0.1, -0.05) is 0 Å². The Balaban J connectivity index is 2.27. The van der Waals surface area contributed by atoms with E-state index in [2.05, 4.69) is 22.6 Å². The predicted molar refractivity (Wildman–Crippen MR) is 78.1 cm³/mol. The van der Waals surface area contributed by atoms with Crippen molar-refractivity contribution in [1.82, 2.24) is 0 Å². The second kappa shape index (κ2) is 5.59. The summed E-state index contributed by atoms with van der Waals surface area (Å²) in [5.41, 5.74) is 0.396. The van der Waals surface area contributed by atoms with Crippen LogP contribution in [-0.4, -0.2) is 8.42 Å². The first kappa shape index (κ1) is 13.8. The topological polar surface area (TPSA) is 67.2 Å². The summed E-state index contributed by atoms with van der Waals surface area (Å²) in [5.74, 6) is 0.254. The molecule has 0 N–H and O–H groups in total. The van der Waals surface area contributed by atoms with Gasteiger partial charge in [0.15, 0.2) is 0 Å². The van der Waals surface area contributed by atoms with E-state index in [-0.39, 0.29) is 10.6 Å². The third kappa shape index (κ3) is 3.45. The molecule has 2 aromatic carbocycles. The lowest BCUT2D eigenvalue weighted by Gasteiger charge is -2.06. The molecule has 6 heteroatoms. The quantitative estimate of drug-likeness (QED) is 0.602. The van der Waals surface area contributed by atoms with Crippen LogP contribution in [0.3, 0.4) is 0 Å². The lowest BCUT2D eigenvalue weighted by molar-refractivity contribution is 0.486. The molecule has 0 aliphatic carbocycles. The lowest BCUT2D eigenvalue weighted by atomic mass is 10.2. The largest absolute Gasteiger partial charge is 0.379 e. The average Bonchev–Trinajstić information content (AvgIpc) is 2.41. The van der Waals surface area contributed by atoms with Crippen molar-refractivity contribution in [2.45, 2.75) is 4.90 Å². The summed E-state index contributed by atoms with van der Waals surface area (Å²) < 4.78 is 29.9. The van der Waals surface area contributed by atoms with E-state index in [0.29, 0.717) is 5.56 Å². The van der Waals surface area contributed by atoms with Crippen LogP contribution in [-0.2, 0) is 10.1 Å². The Bertz CT molecular complexity index is 716. The molecule has 0 saturated heterocycles. The van der Waals surface area contributed by atoms with Crippen molar-refractivity contribution in [3.8, 4) is 11.8 Å². The molecule has 19 heavy (non-hydrogen) atoms. The van der Waals surface area contributed by atoms with E-state index in [4.69, 9.17) is 9.44 Å². The van der Waals surface area contributed by atoms with E-state index in [0.717, 1.165) is 3.57 Å². The van der Waals surface area contributed by atoms with Gasteiger partial charge in [0.1, 0.15) is 10.6 Å². The smallest absolute Gasteiger partial charge is 0.339 e. The van der Waals surface area contributed by atoms with Gasteiger partial charge in [0.05, 0.1) is 11.6 Å². The summed E-state index contributed by atoms with van der Waals surface area (Å²) in [5, 5.41) is 8.66. The fraction of sp³-hybridized carbons (Fsp3) is 0. The van der Waals surface area contributed by atoms with E-state index in [9.17, 15) is 8.42 Å². The SMILES string of the molecule is N#Cc1ccc(S(=O)(=O)Oc2ccc(I)cc2)cc1. The number of halogens is 1. The van der Waals surface area contributed by atoms with Gasteiger partial charge in [0.25, 0.3) is 0 Å². The molecule has 0 atom stereocenters. The molecule has 2 rings (SSSR count). The van der Waals surface area contributed by atoms with Crippen molar-refractivity contribution in [3.05, 3.63) is 57.7 Å². The molecular formula is C13H8INO3S. The number of hydrogen-bond acceptors (Lipinski definition) is 4. The van der Waals surface area contributed by atoms with E-state index in [1.807, 2.05) is 6.07 Å². The highest BCUT2D eigenvalue weighted by atomic mass is 127. The van der Waals surface area contributed by atoms with Crippen LogP contribution < -0.4 is 4.18 Å². The van der Waals surface area contributed by atoms with Gasteiger partial charge in [-0.25, -0.2) is 0 Å². The first-order chi connectivity index (χ1) is 9.01. The molecule has 0 bridgehead atoms. The monoisotopic (exact) mass is 385 g/mol. The zero-order valence-electron chi connectivity index (χ0n) is 9.58. The van der Waals surface area contributed by atoms with E-state index < -0.39 is 10.1 Å². The normalized spacial score (nSPS) is 10.7. The fourth-order valence-corrected chi connectivity index (χ4v) is 2.65. The van der Waals surface area contributed by atoms with Crippen LogP contribution in [0.4, 0.5) is 0 Å². The number of nitrogens with zero attached hydrogens (tertiary/aromatic N) is 1. The van der Waals surface area contributed by atoms with Crippen LogP contribution in [0, 0.1) is 14.9 Å². The van der Waals surface area contributed by atoms with E-state index in [1.54, 1.807) is 24.3 Å². The van der Waals surface area contributed by atoms with Gasteiger partial charge in [-0.15, -0.1) is 0 Å². The van der Waals surface area contributed by atoms with Crippen LogP contribution in [0.2, 0.25) is 0 Å². The Labute approximate surface area is 124 Å². The first-order valence-electron chi connectivity index (χ1n) is 5.21. The van der Waals surface area contributed by atoms with E-state index >= 15 is 0 Å². The minimum Gasteiger partial charge on any atom is -0.379 e. The van der Waals surface area contributed by atoms with Gasteiger partial charge in [-0.3, -0.25) is 0 Å². The third-order valence-corrected chi connectivity index (χ3v) is 4.27. The predicted octanol–water partition coefficient (Wildman–Crippen LogP) is 2.93. The molecule has 0 aromatic heterocycles. The minimum atomic E-state index is -3.86. The Kier molecular flexibility index (Phi) is 4.07. The minimum absolute atomic E-state index is 0.0186. The molecule has 0 unspecified atom stereocenters. The van der Waals surface area contributed by atoms with Crippen molar-refractivity contribution < 1.29 is 12.6 Å². The maximum absolute atomic E-state index is 12.0. The second-order valence-electron chi connectivity index (χ2n) is 3.63. The zero-order valence-corrected chi connectivity index (χ0v) is 12.6. The van der Waals surface area contributed by atoms with Gasteiger partial charge in [0, 0.05) is 3.57 Å². The molecule has 2 aromatic rings. The van der Waals surface area contributed by atoms with Gasteiger partial charge in [-0.2, -0.15) is 13.7 Å². The number of hydrogen-bond donors (Lipinski definition) is 0. The molecule has 0 fully saturated rings. The summed E-state index contributed by atoms with van der Waals surface area (Å²) in [7, 11) is -3.86. The first-order valence-corrected chi connectivity index (χ1v) is 7.70. The third-order valence-electron chi connectivity index (χ3n) is 2.29. The lowest BCUT2D eigenvalue weighted by Crippen LogP contribution is -2.09. The number of nitriles is 1. The Morgan fingerprint density at radius 2 is 1.58 bits per heavy atom. The Morgan fingerprint density at radius 3 is 2.11 bits per heavy atom. The summed E-state index contributed by atoms with van der Waals surface area (Å²) in [6, 6.07) is 14.2. The highest BCUT2D eigenvalue weighted by molar-refractivity contribution is 14.1. The molecular weight excluding hydrogens is 377 g/mol. The molecule has 4 nitrogen and oxygen atoms in total. The van der Waals surface area contributed by atoms with Crippen LogP contribution >= 0.6 is 22.6 Å². The Hall–Kier alpha value is -1.59. The van der Waals surface area contributed by atoms with Crippen LogP contribution in [0.25, 0.3) is 0 Å². The zero-order chi connectivity index (χ0) is 13.9. The average molecular weight is 385 g/mol. The second-order valence-corrected chi connectivity index (χ2v) is 6.42. The summed E-state index contributed by atoms with van der Waals surface area (Å²) in [4.78, 5) is 0.0186. The van der Waals surface area contributed by atoms with E-state index in [1.165, 1.54) is 24.3 Å². The molecule has 0 amide bonds. The highest BCUT2D eigenvalue weighted by Crippen LogP contribution is 2.20. The maximum Gasteiger partial charge on any atom is 0.339 e. The number of rotatable bonds is 3. The standard InChI is InChI=1S/C13H8INO3S/c14-11-3-5-12(6-4-11)18-19(16,17)13-7-1-10(9-15)2-8-13/h1-8H. The Morgan fingerprint density at radius 1 is 1.00 bits per heavy atom. The van der Waals surface area contributed by atoms with Gasteiger partial charge < -0.3 is 4.18 Å². The molecule has 0 aliphatic heterocycles. The summed E-state index contributed by atoms with van der Waals surface area (Å²) >= 11 is 2.12. The molecule has 0 heterocycles. The van der Waals surface area contributed by atoms with Crippen molar-refractivity contribution in [1.29, 1.82) is 5.26 Å². The summed E-state index contributed by atoms with van der Waals surface area (Å²) in [6.07, 6.45) is 0. The van der Waals surface area contributed by atoms with Crippen LogP contribution in [0.1, 0.15) is 5.56 Å². The molecule has 96 valence electrons. The van der Waals surface area contributed by atoms with Crippen molar-refractivity contribution in [2.75, 3.05) is 0 Å². The molecule has 0 saturated carbocycles. The highest BCUT2D eigenvalue weighted by Gasteiger charge is 2.16. The maximum atomic E-state index is 12.0. The fourth-order valence-electron chi connectivity index (χ4n) is 1.36. The molecule has 0 aliphatic rings. The van der Waals surface area contributed by atoms with Gasteiger partial charge >= 0.3 is 10.1 Å². The van der Waals surface area contributed by atoms with Crippen molar-refractivity contribution in [3.63, 3.8) is 0 Å². The van der Waals surface area contributed by atoms with Gasteiger partial charge in [-0.05, 0) is 71.1 Å². The van der Waals surface area contributed by atoms with Crippen LogP contribution in [0.5, 0.6) is 5.75 Å². The van der Waals surface area contributed by atoms with Gasteiger partial charge in [0.2, 0.25) is 0 Å². The number of benzene rings is 2. The van der Waals surface area contributed by atoms with Crippen molar-refractivity contribution in [2.24, 2.45) is 0 Å². The molecule has 0 spiro atoms.